The normalized spacial score (nSPS) is 23.6. The third-order valence-corrected chi connectivity index (χ3v) is 4.31. The number of nitrogens with zero attached hydrogens (tertiary/aromatic N) is 2. The molecule has 0 fully saturated rings. The Hall–Kier alpha value is -1.54. The number of aliphatic hydroxyl groups is 1. The van der Waals surface area contributed by atoms with Gasteiger partial charge in [0, 0.05) is 11.8 Å². The third kappa shape index (κ3) is 3.12. The van der Waals surface area contributed by atoms with Gasteiger partial charge in [-0.3, -0.25) is 9.69 Å². The minimum Gasteiger partial charge on any atom is -0.367 e. The summed E-state index contributed by atoms with van der Waals surface area (Å²) in [7, 11) is 0. The molecule has 1 aromatic heterocycles. The number of pyridine rings is 1. The molecule has 0 saturated heterocycles. The SMILES string of the molecule is CCSC(C1=CC(C)(O)N(c2ccccn2)C1=O)C(F)(F)F. The number of alkyl halides is 3. The van der Waals surface area contributed by atoms with Crippen molar-refractivity contribution in [3.05, 3.63) is 36.0 Å². The van der Waals surface area contributed by atoms with E-state index in [1.54, 1.807) is 19.1 Å². The quantitative estimate of drug-likeness (QED) is 0.921. The molecule has 0 bridgehead atoms. The van der Waals surface area contributed by atoms with Crippen LogP contribution in [0.4, 0.5) is 19.0 Å². The molecule has 1 amide bonds. The Morgan fingerprint density at radius 1 is 1.45 bits per heavy atom. The van der Waals surface area contributed by atoms with Crippen LogP contribution in [-0.4, -0.2) is 38.9 Å². The van der Waals surface area contributed by atoms with Crippen LogP contribution < -0.4 is 4.90 Å². The van der Waals surface area contributed by atoms with Crippen LogP contribution in [-0.2, 0) is 4.79 Å². The largest absolute Gasteiger partial charge is 0.404 e. The maximum atomic E-state index is 13.2. The number of anilines is 1. The van der Waals surface area contributed by atoms with Crippen molar-refractivity contribution >= 4 is 23.5 Å². The number of halogens is 3. The van der Waals surface area contributed by atoms with Gasteiger partial charge in [-0.25, -0.2) is 4.98 Å². The van der Waals surface area contributed by atoms with Crippen molar-refractivity contribution in [2.75, 3.05) is 10.7 Å². The van der Waals surface area contributed by atoms with E-state index in [1.165, 1.54) is 19.2 Å². The minimum atomic E-state index is -4.57. The molecule has 8 heteroatoms. The number of carbonyl (C=O) groups is 1. The molecule has 4 nitrogen and oxygen atoms in total. The molecule has 2 heterocycles. The van der Waals surface area contributed by atoms with Gasteiger partial charge in [-0.2, -0.15) is 13.2 Å². The Balaban J connectivity index is 2.42. The summed E-state index contributed by atoms with van der Waals surface area (Å²) in [4.78, 5) is 17.2. The molecule has 1 N–H and O–H groups in total. The Labute approximate surface area is 130 Å². The number of hydrogen-bond acceptors (Lipinski definition) is 4. The molecule has 0 aliphatic carbocycles. The summed E-state index contributed by atoms with van der Waals surface area (Å²) in [5.74, 6) is -0.585. The molecular weight excluding hydrogens is 317 g/mol. The number of amides is 1. The van der Waals surface area contributed by atoms with Crippen molar-refractivity contribution in [1.29, 1.82) is 0 Å². The van der Waals surface area contributed by atoms with Gasteiger partial charge in [0.25, 0.3) is 5.91 Å². The molecule has 1 aromatic rings. The topological polar surface area (TPSA) is 53.4 Å². The van der Waals surface area contributed by atoms with Crippen LogP contribution in [0, 0.1) is 0 Å². The highest BCUT2D eigenvalue weighted by atomic mass is 32.2. The lowest BCUT2D eigenvalue weighted by molar-refractivity contribution is -0.129. The third-order valence-electron chi connectivity index (χ3n) is 3.12. The van der Waals surface area contributed by atoms with Crippen molar-refractivity contribution in [3.63, 3.8) is 0 Å². The average molecular weight is 332 g/mol. The molecular formula is C14H15F3N2O2S. The van der Waals surface area contributed by atoms with Gasteiger partial charge in [0.2, 0.25) is 0 Å². The predicted octanol–water partition coefficient (Wildman–Crippen LogP) is 2.75. The number of aromatic nitrogens is 1. The monoisotopic (exact) mass is 332 g/mol. The summed E-state index contributed by atoms with van der Waals surface area (Å²) in [5, 5.41) is 8.38. The van der Waals surface area contributed by atoms with Crippen molar-refractivity contribution in [2.45, 2.75) is 31.0 Å². The second-order valence-electron chi connectivity index (χ2n) is 4.90. The fourth-order valence-electron chi connectivity index (χ4n) is 2.29. The summed E-state index contributed by atoms with van der Waals surface area (Å²) in [6.45, 7) is 2.84. The molecule has 2 unspecified atom stereocenters. The van der Waals surface area contributed by atoms with Gasteiger partial charge in [-0.15, -0.1) is 11.8 Å². The molecule has 120 valence electrons. The Morgan fingerprint density at radius 2 is 2.14 bits per heavy atom. The summed E-state index contributed by atoms with van der Waals surface area (Å²) >= 11 is 0.610. The molecule has 22 heavy (non-hydrogen) atoms. The molecule has 2 rings (SSSR count). The van der Waals surface area contributed by atoms with E-state index in [-0.39, 0.29) is 11.6 Å². The zero-order valence-corrected chi connectivity index (χ0v) is 12.8. The standard InChI is InChI=1S/C14H15F3N2O2S/c1-3-22-11(14(15,16)17)9-8-13(2,21)19(12(9)20)10-6-4-5-7-18-10/h4-8,11,21H,3H2,1-2H3. The van der Waals surface area contributed by atoms with Crippen LogP contribution in [0.5, 0.6) is 0 Å². The van der Waals surface area contributed by atoms with Gasteiger partial charge < -0.3 is 5.11 Å². The van der Waals surface area contributed by atoms with Crippen molar-refractivity contribution in [1.82, 2.24) is 4.98 Å². The minimum absolute atomic E-state index is 0.103. The lowest BCUT2D eigenvalue weighted by atomic mass is 10.1. The van der Waals surface area contributed by atoms with Gasteiger partial charge in [0.05, 0.1) is 0 Å². The van der Waals surface area contributed by atoms with Crippen LogP contribution in [0.15, 0.2) is 36.0 Å². The molecule has 0 saturated carbocycles. The van der Waals surface area contributed by atoms with Crippen molar-refractivity contribution in [3.8, 4) is 0 Å². The molecule has 2 atom stereocenters. The number of hydrogen-bond donors (Lipinski definition) is 1. The number of thioether (sulfide) groups is 1. The Morgan fingerprint density at radius 3 is 2.64 bits per heavy atom. The maximum absolute atomic E-state index is 13.2. The fraction of sp³-hybridized carbons (Fsp3) is 0.429. The van der Waals surface area contributed by atoms with Gasteiger partial charge in [0.15, 0.2) is 5.72 Å². The van der Waals surface area contributed by atoms with Crippen molar-refractivity contribution in [2.24, 2.45) is 0 Å². The second-order valence-corrected chi connectivity index (χ2v) is 6.28. The van der Waals surface area contributed by atoms with Gasteiger partial charge >= 0.3 is 6.18 Å². The summed E-state index contributed by atoms with van der Waals surface area (Å²) in [6.07, 6.45) is -2.21. The lowest BCUT2D eigenvalue weighted by Crippen LogP contribution is -2.45. The summed E-state index contributed by atoms with van der Waals surface area (Å²) in [6, 6.07) is 4.66. The molecule has 0 aromatic carbocycles. The van der Waals surface area contributed by atoms with E-state index >= 15 is 0 Å². The van der Waals surface area contributed by atoms with Crippen molar-refractivity contribution < 1.29 is 23.1 Å². The Kier molecular flexibility index (Phi) is 4.53. The van der Waals surface area contributed by atoms with Crippen LogP contribution in [0.2, 0.25) is 0 Å². The average Bonchev–Trinajstić information content (AvgIpc) is 2.65. The summed E-state index contributed by atoms with van der Waals surface area (Å²) < 4.78 is 39.6. The van der Waals surface area contributed by atoms with Gasteiger partial charge in [0.1, 0.15) is 11.1 Å². The first-order valence-electron chi connectivity index (χ1n) is 6.57. The van der Waals surface area contributed by atoms with E-state index < -0.39 is 28.6 Å². The first kappa shape index (κ1) is 16.8. The van der Waals surface area contributed by atoms with E-state index in [9.17, 15) is 23.1 Å². The zero-order valence-electron chi connectivity index (χ0n) is 12.0. The fourth-order valence-corrected chi connectivity index (χ4v) is 3.16. The second kappa shape index (κ2) is 5.92. The number of rotatable bonds is 4. The molecule has 1 aliphatic heterocycles. The highest BCUT2D eigenvalue weighted by Gasteiger charge is 2.51. The highest BCUT2D eigenvalue weighted by Crippen LogP contribution is 2.41. The predicted molar refractivity (Wildman–Crippen MR) is 78.4 cm³/mol. The van der Waals surface area contributed by atoms with E-state index in [2.05, 4.69) is 4.98 Å². The first-order valence-corrected chi connectivity index (χ1v) is 7.62. The summed E-state index contributed by atoms with van der Waals surface area (Å²) in [5.41, 5.74) is -2.31. The molecule has 1 aliphatic rings. The molecule has 0 spiro atoms. The lowest BCUT2D eigenvalue weighted by Gasteiger charge is -2.28. The van der Waals surface area contributed by atoms with Crippen LogP contribution in [0.25, 0.3) is 0 Å². The van der Waals surface area contributed by atoms with E-state index in [0.717, 1.165) is 11.0 Å². The van der Waals surface area contributed by atoms with Gasteiger partial charge in [-0.05, 0) is 30.9 Å². The van der Waals surface area contributed by atoms with E-state index in [0.29, 0.717) is 11.8 Å². The van der Waals surface area contributed by atoms with Crippen LogP contribution in [0.1, 0.15) is 13.8 Å². The smallest absolute Gasteiger partial charge is 0.367 e. The zero-order chi connectivity index (χ0) is 16.5. The van der Waals surface area contributed by atoms with Gasteiger partial charge in [-0.1, -0.05) is 13.0 Å². The maximum Gasteiger partial charge on any atom is 0.404 e. The Bertz CT molecular complexity index is 588. The van der Waals surface area contributed by atoms with Crippen LogP contribution >= 0.6 is 11.8 Å². The van der Waals surface area contributed by atoms with E-state index in [4.69, 9.17) is 0 Å². The van der Waals surface area contributed by atoms with Crippen LogP contribution in [0.3, 0.4) is 0 Å². The first-order chi connectivity index (χ1) is 10.2. The molecule has 0 radical (unpaired) electrons. The number of carbonyl (C=O) groups excluding carboxylic acids is 1. The van der Waals surface area contributed by atoms with E-state index in [1.807, 2.05) is 0 Å². The highest BCUT2D eigenvalue weighted by molar-refractivity contribution is 8.00.